The molecule has 1 aliphatic heterocycles. The van der Waals surface area contributed by atoms with Crippen LogP contribution in [0.3, 0.4) is 0 Å². The maximum atomic E-state index is 13.0. The second-order valence-electron chi connectivity index (χ2n) is 7.35. The Kier molecular flexibility index (Phi) is 4.64. The highest BCUT2D eigenvalue weighted by Crippen LogP contribution is 2.38. The van der Waals surface area contributed by atoms with E-state index in [2.05, 4.69) is 11.5 Å². The number of benzene rings is 1. The van der Waals surface area contributed by atoms with E-state index in [1.54, 1.807) is 17.0 Å². The molecule has 6 heteroatoms. The Morgan fingerprint density at radius 2 is 1.59 bits per heavy atom. The van der Waals surface area contributed by atoms with E-state index in [0.717, 1.165) is 17.0 Å². The van der Waals surface area contributed by atoms with Crippen molar-refractivity contribution in [1.29, 1.82) is 0 Å². The molecule has 2 aromatic rings. The predicted molar refractivity (Wildman–Crippen MR) is 102 cm³/mol. The molecule has 6 nitrogen and oxygen atoms in total. The lowest BCUT2D eigenvalue weighted by Crippen LogP contribution is -2.51. The van der Waals surface area contributed by atoms with E-state index in [0.29, 0.717) is 38.0 Å². The summed E-state index contributed by atoms with van der Waals surface area (Å²) >= 11 is 0. The Morgan fingerprint density at radius 3 is 2.22 bits per heavy atom. The number of para-hydroxylation sites is 1. The first-order valence-electron chi connectivity index (χ1n) is 9.54. The van der Waals surface area contributed by atoms with Crippen LogP contribution in [0.25, 0.3) is 0 Å². The largest absolute Gasteiger partial charge is 0.415 e. The van der Waals surface area contributed by atoms with Crippen LogP contribution in [0.4, 0.5) is 4.79 Å². The summed E-state index contributed by atoms with van der Waals surface area (Å²) in [6, 6.07) is 11.6. The van der Waals surface area contributed by atoms with Crippen LogP contribution >= 0.6 is 0 Å². The van der Waals surface area contributed by atoms with Crippen LogP contribution in [-0.4, -0.2) is 52.5 Å². The summed E-state index contributed by atoms with van der Waals surface area (Å²) in [5, 5.41) is 0. The number of nitrogens with zero attached hydrogens (tertiary/aromatic N) is 3. The number of aryl methyl sites for hydroxylation is 1. The van der Waals surface area contributed by atoms with E-state index in [4.69, 9.17) is 4.74 Å². The second-order valence-corrected chi connectivity index (χ2v) is 7.35. The van der Waals surface area contributed by atoms with Crippen molar-refractivity contribution in [3.05, 3.63) is 53.3 Å². The first-order valence-corrected chi connectivity index (χ1v) is 9.54. The maximum Gasteiger partial charge on any atom is 0.415 e. The van der Waals surface area contributed by atoms with Crippen molar-refractivity contribution in [2.45, 2.75) is 32.7 Å². The molecule has 0 spiro atoms. The molecule has 1 aromatic carbocycles. The van der Waals surface area contributed by atoms with Gasteiger partial charge in [-0.15, -0.1) is 0 Å². The zero-order chi connectivity index (χ0) is 19.0. The van der Waals surface area contributed by atoms with E-state index < -0.39 is 0 Å². The third-order valence-corrected chi connectivity index (χ3v) is 5.40. The lowest BCUT2D eigenvalue weighted by Gasteiger charge is -2.34. The highest BCUT2D eigenvalue weighted by Gasteiger charge is 2.31. The van der Waals surface area contributed by atoms with Crippen LogP contribution in [0.15, 0.2) is 36.4 Å². The number of piperazine rings is 1. The minimum Gasteiger partial charge on any atom is -0.410 e. The summed E-state index contributed by atoms with van der Waals surface area (Å²) in [4.78, 5) is 28.8. The van der Waals surface area contributed by atoms with Crippen molar-refractivity contribution < 1.29 is 14.3 Å². The summed E-state index contributed by atoms with van der Waals surface area (Å²) in [6.07, 6.45) is 2.04. The van der Waals surface area contributed by atoms with Crippen LogP contribution in [0, 0.1) is 13.8 Å². The Morgan fingerprint density at radius 1 is 0.963 bits per heavy atom. The fourth-order valence-corrected chi connectivity index (χ4v) is 3.80. The summed E-state index contributed by atoms with van der Waals surface area (Å²) < 4.78 is 7.68. The van der Waals surface area contributed by atoms with Crippen molar-refractivity contribution in [1.82, 2.24) is 14.4 Å². The second kappa shape index (κ2) is 7.10. The van der Waals surface area contributed by atoms with Crippen molar-refractivity contribution >= 4 is 12.0 Å². The van der Waals surface area contributed by atoms with Gasteiger partial charge in [0.2, 0.25) is 0 Å². The number of hydrogen-bond donors (Lipinski definition) is 0. The summed E-state index contributed by atoms with van der Waals surface area (Å²) in [5.41, 5.74) is 3.01. The molecule has 0 atom stereocenters. The summed E-state index contributed by atoms with van der Waals surface area (Å²) in [7, 11) is 0. The Hall–Kier alpha value is -2.76. The van der Waals surface area contributed by atoms with E-state index in [1.165, 1.54) is 12.8 Å². The van der Waals surface area contributed by atoms with Gasteiger partial charge in [0.1, 0.15) is 5.75 Å². The molecule has 27 heavy (non-hydrogen) atoms. The topological polar surface area (TPSA) is 54.8 Å². The van der Waals surface area contributed by atoms with E-state index in [9.17, 15) is 9.59 Å². The van der Waals surface area contributed by atoms with Gasteiger partial charge in [0.25, 0.3) is 5.91 Å². The average Bonchev–Trinajstić information content (AvgIpc) is 3.47. The smallest absolute Gasteiger partial charge is 0.410 e. The van der Waals surface area contributed by atoms with Gasteiger partial charge in [-0.3, -0.25) is 4.79 Å². The zero-order valence-corrected chi connectivity index (χ0v) is 15.9. The van der Waals surface area contributed by atoms with Crippen LogP contribution < -0.4 is 4.74 Å². The van der Waals surface area contributed by atoms with Crippen LogP contribution in [0.2, 0.25) is 0 Å². The predicted octanol–water partition coefficient (Wildman–Crippen LogP) is 3.40. The number of carbonyl (C=O) groups excluding carboxylic acids is 2. The summed E-state index contributed by atoms with van der Waals surface area (Å²) in [5.74, 6) is 0.597. The molecule has 1 saturated carbocycles. The molecule has 1 saturated heterocycles. The first kappa shape index (κ1) is 17.6. The quantitative estimate of drug-likeness (QED) is 0.835. The molecule has 0 radical (unpaired) electrons. The van der Waals surface area contributed by atoms with Gasteiger partial charge < -0.3 is 19.1 Å². The highest BCUT2D eigenvalue weighted by molar-refractivity contribution is 5.96. The first-order chi connectivity index (χ1) is 13.0. The van der Waals surface area contributed by atoms with Crippen molar-refractivity contribution in [3.8, 4) is 5.75 Å². The van der Waals surface area contributed by atoms with Crippen LogP contribution in [0.5, 0.6) is 5.75 Å². The van der Waals surface area contributed by atoms with Crippen LogP contribution in [0.1, 0.15) is 40.6 Å². The number of ether oxygens (including phenoxy) is 1. The molecule has 1 aliphatic carbocycles. The number of hydrogen-bond acceptors (Lipinski definition) is 3. The van der Waals surface area contributed by atoms with Gasteiger partial charge in [0, 0.05) is 43.6 Å². The molecule has 142 valence electrons. The normalized spacial score (nSPS) is 17.1. The zero-order valence-electron chi connectivity index (χ0n) is 15.9. The average molecular weight is 367 g/mol. The third kappa shape index (κ3) is 3.56. The van der Waals surface area contributed by atoms with Gasteiger partial charge in [-0.1, -0.05) is 18.2 Å². The van der Waals surface area contributed by atoms with Gasteiger partial charge in [-0.05, 0) is 44.9 Å². The molecule has 4 rings (SSSR count). The van der Waals surface area contributed by atoms with E-state index >= 15 is 0 Å². The number of amides is 2. The highest BCUT2D eigenvalue weighted by atomic mass is 16.6. The molecule has 0 bridgehead atoms. The Bertz CT molecular complexity index is 847. The maximum absolute atomic E-state index is 13.0. The van der Waals surface area contributed by atoms with Crippen molar-refractivity contribution in [2.75, 3.05) is 26.2 Å². The van der Waals surface area contributed by atoms with E-state index in [-0.39, 0.29) is 12.0 Å². The molecule has 0 unspecified atom stereocenters. The Labute approximate surface area is 159 Å². The van der Waals surface area contributed by atoms with Crippen molar-refractivity contribution in [2.24, 2.45) is 0 Å². The minimum atomic E-state index is -0.361. The molecule has 1 aromatic heterocycles. The van der Waals surface area contributed by atoms with Gasteiger partial charge in [0.15, 0.2) is 0 Å². The molecule has 2 fully saturated rings. The summed E-state index contributed by atoms with van der Waals surface area (Å²) in [6.45, 7) is 6.12. The van der Waals surface area contributed by atoms with Gasteiger partial charge in [-0.2, -0.15) is 0 Å². The van der Waals surface area contributed by atoms with Crippen LogP contribution in [-0.2, 0) is 0 Å². The SMILES string of the molecule is Cc1cc(C(=O)N2CCN(C(=O)Oc3ccccc3)CC2)c(C)n1C1CC1. The van der Waals surface area contributed by atoms with E-state index in [1.807, 2.05) is 36.1 Å². The number of rotatable bonds is 3. The molecule has 2 aliphatic rings. The standard InChI is InChI=1S/C21H25N3O3/c1-15-14-19(16(2)24(15)17-8-9-17)20(25)22-10-12-23(13-11-22)21(26)27-18-6-4-3-5-7-18/h3-7,14,17H,8-13H2,1-2H3. The molecule has 2 heterocycles. The number of aromatic nitrogens is 1. The lowest BCUT2D eigenvalue weighted by atomic mass is 10.2. The molecule has 0 N–H and O–H groups in total. The Balaban J connectivity index is 1.37. The molecular weight excluding hydrogens is 342 g/mol. The molecule has 2 amide bonds. The lowest BCUT2D eigenvalue weighted by molar-refractivity contribution is 0.0632. The van der Waals surface area contributed by atoms with Gasteiger partial charge >= 0.3 is 6.09 Å². The number of carbonyl (C=O) groups is 2. The minimum absolute atomic E-state index is 0.0612. The van der Waals surface area contributed by atoms with Crippen molar-refractivity contribution in [3.63, 3.8) is 0 Å². The fourth-order valence-electron chi connectivity index (χ4n) is 3.80. The monoisotopic (exact) mass is 367 g/mol. The molecular formula is C21H25N3O3. The fraction of sp³-hybridized carbons (Fsp3) is 0.429. The third-order valence-electron chi connectivity index (χ3n) is 5.40. The van der Waals surface area contributed by atoms with Gasteiger partial charge in [-0.25, -0.2) is 4.79 Å². The van der Waals surface area contributed by atoms with Gasteiger partial charge in [0.05, 0.1) is 5.56 Å².